The molecule has 2 aromatic rings. The van der Waals surface area contributed by atoms with Gasteiger partial charge in [-0.3, -0.25) is 4.79 Å². The predicted octanol–water partition coefficient (Wildman–Crippen LogP) is 2.86. The lowest BCUT2D eigenvalue weighted by atomic mass is 10.0. The number of hydrogen-bond acceptors (Lipinski definition) is 5. The van der Waals surface area contributed by atoms with E-state index < -0.39 is 18.4 Å². The minimum absolute atomic E-state index is 0.0165. The van der Waals surface area contributed by atoms with Gasteiger partial charge in [0.25, 0.3) is 5.91 Å². The molecule has 0 aromatic heterocycles. The number of aryl methyl sites for hydroxylation is 2. The van der Waals surface area contributed by atoms with Crippen molar-refractivity contribution in [1.82, 2.24) is 0 Å². The molecule has 0 fully saturated rings. The fourth-order valence-electron chi connectivity index (χ4n) is 3.14. The molecule has 7 heteroatoms. The summed E-state index contributed by atoms with van der Waals surface area (Å²) in [5.74, 6) is -1.37. The van der Waals surface area contributed by atoms with Crippen LogP contribution in [0, 0.1) is 12.7 Å². The van der Waals surface area contributed by atoms with Crippen molar-refractivity contribution in [2.45, 2.75) is 19.8 Å². The number of anilines is 2. The summed E-state index contributed by atoms with van der Waals surface area (Å²) in [7, 11) is 1.59. The number of carbonyl (C=O) groups is 2. The summed E-state index contributed by atoms with van der Waals surface area (Å²) in [6.07, 6.45) is 1.63. The molecule has 1 heterocycles. The Bertz CT molecular complexity index is 898. The van der Waals surface area contributed by atoms with Crippen molar-refractivity contribution in [3.63, 3.8) is 0 Å². The van der Waals surface area contributed by atoms with E-state index in [4.69, 9.17) is 15.2 Å². The molecular weight excluding hydrogens is 351 g/mol. The van der Waals surface area contributed by atoms with E-state index in [0.717, 1.165) is 35.9 Å². The molecule has 0 unspecified atom stereocenters. The summed E-state index contributed by atoms with van der Waals surface area (Å²) in [5.41, 5.74) is 7.78. The molecule has 6 nitrogen and oxygen atoms in total. The number of methoxy groups -OCH3 is 1. The number of ether oxygens (including phenoxy) is 2. The minimum Gasteiger partial charge on any atom is -0.497 e. The van der Waals surface area contributed by atoms with Gasteiger partial charge in [-0.2, -0.15) is 0 Å². The zero-order chi connectivity index (χ0) is 19.6. The number of esters is 1. The number of nitrogen functional groups attached to an aromatic ring is 1. The largest absolute Gasteiger partial charge is 0.497 e. The number of fused-ring (bicyclic) bond motifs is 1. The van der Waals surface area contributed by atoms with Gasteiger partial charge in [-0.25, -0.2) is 9.18 Å². The highest BCUT2D eigenvalue weighted by Gasteiger charge is 2.25. The molecule has 0 radical (unpaired) electrons. The van der Waals surface area contributed by atoms with E-state index in [1.54, 1.807) is 25.0 Å². The zero-order valence-corrected chi connectivity index (χ0v) is 15.3. The smallest absolute Gasteiger partial charge is 0.343 e. The van der Waals surface area contributed by atoms with Crippen LogP contribution in [0.25, 0.3) is 0 Å². The van der Waals surface area contributed by atoms with E-state index in [1.807, 2.05) is 12.1 Å². The Labute approximate surface area is 156 Å². The maximum atomic E-state index is 13.9. The van der Waals surface area contributed by atoms with E-state index in [2.05, 4.69) is 0 Å². The van der Waals surface area contributed by atoms with Crippen LogP contribution in [0.4, 0.5) is 15.8 Å². The number of amides is 1. The van der Waals surface area contributed by atoms with Gasteiger partial charge in [0.2, 0.25) is 0 Å². The van der Waals surface area contributed by atoms with Crippen LogP contribution in [0.1, 0.15) is 27.9 Å². The third-order valence-electron chi connectivity index (χ3n) is 4.65. The molecule has 3 rings (SSSR count). The lowest BCUT2D eigenvalue weighted by Crippen LogP contribution is -2.38. The van der Waals surface area contributed by atoms with Crippen LogP contribution in [0.3, 0.4) is 0 Å². The lowest BCUT2D eigenvalue weighted by molar-refractivity contribution is -0.121. The summed E-state index contributed by atoms with van der Waals surface area (Å²) >= 11 is 0. The molecule has 0 saturated heterocycles. The van der Waals surface area contributed by atoms with E-state index in [9.17, 15) is 14.0 Å². The molecule has 2 aromatic carbocycles. The van der Waals surface area contributed by atoms with Crippen molar-refractivity contribution in [3.8, 4) is 5.75 Å². The summed E-state index contributed by atoms with van der Waals surface area (Å²) in [4.78, 5) is 26.4. The molecule has 27 heavy (non-hydrogen) atoms. The van der Waals surface area contributed by atoms with E-state index in [1.165, 1.54) is 6.07 Å². The van der Waals surface area contributed by atoms with Gasteiger partial charge >= 0.3 is 5.97 Å². The molecule has 0 saturated carbocycles. The summed E-state index contributed by atoms with van der Waals surface area (Å²) < 4.78 is 24.2. The van der Waals surface area contributed by atoms with E-state index in [0.29, 0.717) is 12.1 Å². The highest BCUT2D eigenvalue weighted by atomic mass is 19.1. The van der Waals surface area contributed by atoms with Crippen molar-refractivity contribution in [1.29, 1.82) is 0 Å². The molecule has 1 aliphatic rings. The topological polar surface area (TPSA) is 81.9 Å². The molecule has 0 bridgehead atoms. The Kier molecular flexibility index (Phi) is 5.30. The summed E-state index contributed by atoms with van der Waals surface area (Å²) in [6, 6.07) is 8.11. The molecule has 142 valence electrons. The van der Waals surface area contributed by atoms with E-state index in [-0.39, 0.29) is 17.2 Å². The maximum Gasteiger partial charge on any atom is 0.343 e. The van der Waals surface area contributed by atoms with Gasteiger partial charge in [0.05, 0.1) is 12.8 Å². The number of nitrogens with zero attached hydrogens (tertiary/aromatic N) is 1. The van der Waals surface area contributed by atoms with Gasteiger partial charge in [0.15, 0.2) is 6.61 Å². The molecular formula is C20H21FN2O4. The van der Waals surface area contributed by atoms with Gasteiger partial charge in [0, 0.05) is 12.2 Å². The zero-order valence-electron chi connectivity index (χ0n) is 15.3. The Balaban J connectivity index is 1.73. The van der Waals surface area contributed by atoms with Crippen molar-refractivity contribution < 1.29 is 23.5 Å². The quantitative estimate of drug-likeness (QED) is 0.659. The first-order valence-electron chi connectivity index (χ1n) is 8.61. The summed E-state index contributed by atoms with van der Waals surface area (Å²) in [5, 5.41) is 0. The predicted molar refractivity (Wildman–Crippen MR) is 99.5 cm³/mol. The maximum absolute atomic E-state index is 13.9. The number of rotatable bonds is 4. The van der Waals surface area contributed by atoms with Crippen LogP contribution in [0.2, 0.25) is 0 Å². The second-order valence-electron chi connectivity index (χ2n) is 6.37. The average molecular weight is 372 g/mol. The first kappa shape index (κ1) is 18.7. The van der Waals surface area contributed by atoms with Gasteiger partial charge in [-0.05, 0) is 55.2 Å². The second-order valence-corrected chi connectivity index (χ2v) is 6.37. The number of halogens is 1. The van der Waals surface area contributed by atoms with Crippen LogP contribution in [0.15, 0.2) is 30.3 Å². The van der Waals surface area contributed by atoms with Crippen LogP contribution in [0.5, 0.6) is 5.75 Å². The molecule has 2 N–H and O–H groups in total. The fraction of sp³-hybridized carbons (Fsp3) is 0.300. The molecule has 0 aliphatic carbocycles. The Hall–Kier alpha value is -3.09. The van der Waals surface area contributed by atoms with E-state index >= 15 is 0 Å². The van der Waals surface area contributed by atoms with Gasteiger partial charge in [-0.15, -0.1) is 0 Å². The fourth-order valence-corrected chi connectivity index (χ4v) is 3.14. The van der Waals surface area contributed by atoms with Crippen molar-refractivity contribution in [2.75, 3.05) is 30.9 Å². The van der Waals surface area contributed by atoms with Crippen LogP contribution >= 0.6 is 0 Å². The standard InChI is InChI=1S/C20H21FN2O4/c1-12-5-7-15(21)18(19(12)22)20(25)27-11-17(24)23-9-3-4-13-10-14(26-2)6-8-16(13)23/h5-8,10H,3-4,9,11,22H2,1-2H3. The molecule has 1 amide bonds. The van der Waals surface area contributed by atoms with Gasteiger partial charge < -0.3 is 20.1 Å². The lowest BCUT2D eigenvalue weighted by Gasteiger charge is -2.29. The highest BCUT2D eigenvalue weighted by molar-refractivity contribution is 6.00. The second kappa shape index (κ2) is 7.65. The Morgan fingerprint density at radius 3 is 2.78 bits per heavy atom. The van der Waals surface area contributed by atoms with Crippen LogP contribution in [-0.4, -0.2) is 32.1 Å². The Morgan fingerprint density at radius 2 is 2.04 bits per heavy atom. The third-order valence-corrected chi connectivity index (χ3v) is 4.65. The molecule has 1 aliphatic heterocycles. The van der Waals surface area contributed by atoms with Crippen LogP contribution < -0.4 is 15.4 Å². The monoisotopic (exact) mass is 372 g/mol. The average Bonchev–Trinajstić information content (AvgIpc) is 2.68. The number of benzene rings is 2. The number of carbonyl (C=O) groups excluding carboxylic acids is 2. The minimum atomic E-state index is -0.950. The van der Waals surface area contributed by atoms with Crippen molar-refractivity contribution in [3.05, 3.63) is 52.8 Å². The normalized spacial score (nSPS) is 13.1. The first-order chi connectivity index (χ1) is 12.9. The molecule has 0 spiro atoms. The van der Waals surface area contributed by atoms with Crippen molar-refractivity contribution in [2.24, 2.45) is 0 Å². The van der Waals surface area contributed by atoms with Gasteiger partial charge in [-0.1, -0.05) is 6.07 Å². The number of hydrogen-bond donors (Lipinski definition) is 1. The SMILES string of the molecule is COc1ccc2c(c1)CCCN2C(=O)COC(=O)c1c(F)ccc(C)c1N. The molecule has 0 atom stereocenters. The van der Waals surface area contributed by atoms with Gasteiger partial charge in [0.1, 0.15) is 17.1 Å². The first-order valence-corrected chi connectivity index (χ1v) is 8.61. The third kappa shape index (κ3) is 3.72. The summed E-state index contributed by atoms with van der Waals surface area (Å²) in [6.45, 7) is 1.70. The highest BCUT2D eigenvalue weighted by Crippen LogP contribution is 2.30. The van der Waals surface area contributed by atoms with Crippen molar-refractivity contribution >= 4 is 23.3 Å². The van der Waals surface area contributed by atoms with Crippen LogP contribution in [-0.2, 0) is 16.0 Å². The number of nitrogens with two attached hydrogens (primary N) is 1. The Morgan fingerprint density at radius 1 is 1.26 bits per heavy atom.